The van der Waals surface area contributed by atoms with Gasteiger partial charge in [-0.15, -0.1) is 0 Å². The summed E-state index contributed by atoms with van der Waals surface area (Å²) in [4.78, 5) is 9.55. The molecule has 1 N–H and O–H groups in total. The van der Waals surface area contributed by atoms with Crippen LogP contribution in [0.3, 0.4) is 0 Å². The Morgan fingerprint density at radius 3 is 2.79 bits per heavy atom. The summed E-state index contributed by atoms with van der Waals surface area (Å²) in [6.45, 7) is 2.01. The second-order valence-corrected chi connectivity index (χ2v) is 4.92. The molecule has 0 radical (unpaired) electrons. The summed E-state index contributed by atoms with van der Waals surface area (Å²) >= 11 is 3.43. The predicted octanol–water partition coefficient (Wildman–Crippen LogP) is 3.21. The molecule has 0 bridgehead atoms. The summed E-state index contributed by atoms with van der Waals surface area (Å²) in [5.74, 6) is 1.20. The van der Waals surface area contributed by atoms with Crippen LogP contribution in [-0.4, -0.2) is 17.0 Å². The lowest BCUT2D eigenvalue weighted by atomic mass is 10.2. The average molecular weight is 318 g/mol. The number of aryl methyl sites for hydroxylation is 1. The molecule has 0 aliphatic rings. The molecule has 0 aliphatic heterocycles. The minimum absolute atomic E-state index is 0.551. The number of rotatable bonds is 3. The van der Waals surface area contributed by atoms with Crippen molar-refractivity contribution in [2.45, 2.75) is 6.92 Å². The molecule has 0 amide bonds. The lowest BCUT2D eigenvalue weighted by molar-refractivity contribution is 1.08. The molecule has 1 heterocycles. The molecule has 0 saturated heterocycles. The highest BCUT2D eigenvalue weighted by Gasteiger charge is 2.05. The Hall–Kier alpha value is -2.13. The number of anilines is 3. The van der Waals surface area contributed by atoms with Gasteiger partial charge < -0.3 is 5.32 Å². The fourth-order valence-corrected chi connectivity index (χ4v) is 2.03. The Balaban J connectivity index is 2.26. The fraction of sp³-hybridized carbons (Fsp3) is 0.154. The molecule has 96 valence electrons. The molecule has 0 aliphatic carbocycles. The summed E-state index contributed by atoms with van der Waals surface area (Å²) in [5, 5.41) is 12.0. The molecule has 19 heavy (non-hydrogen) atoms. The lowest BCUT2D eigenvalue weighted by Crippen LogP contribution is -2.10. The van der Waals surface area contributed by atoms with Gasteiger partial charge in [-0.25, -0.2) is 9.97 Å². The Morgan fingerprint density at radius 1 is 1.32 bits per heavy atom. The van der Waals surface area contributed by atoms with Crippen molar-refractivity contribution in [3.8, 4) is 6.19 Å². The van der Waals surface area contributed by atoms with Crippen molar-refractivity contribution < 1.29 is 0 Å². The number of nitrogens with zero attached hydrogens (tertiary/aromatic N) is 4. The molecule has 2 aromatic rings. The molecule has 0 fully saturated rings. The SMILES string of the molecule is Cc1cc(Br)ccc1Nc1cc(N(C)C#N)ncn1. The van der Waals surface area contributed by atoms with Crippen molar-refractivity contribution in [3.05, 3.63) is 40.6 Å². The zero-order valence-electron chi connectivity index (χ0n) is 10.6. The van der Waals surface area contributed by atoms with Crippen LogP contribution < -0.4 is 10.2 Å². The van der Waals surface area contributed by atoms with E-state index < -0.39 is 0 Å². The van der Waals surface area contributed by atoms with Crippen molar-refractivity contribution in [1.29, 1.82) is 5.26 Å². The van der Waals surface area contributed by atoms with Gasteiger partial charge in [0.25, 0.3) is 0 Å². The molecular weight excluding hydrogens is 306 g/mol. The molecule has 1 aromatic heterocycles. The van der Waals surface area contributed by atoms with Crippen LogP contribution in [0.2, 0.25) is 0 Å². The molecule has 0 spiro atoms. The fourth-order valence-electron chi connectivity index (χ4n) is 1.56. The van der Waals surface area contributed by atoms with Crippen LogP contribution in [0.1, 0.15) is 5.56 Å². The summed E-state index contributed by atoms with van der Waals surface area (Å²) in [5.41, 5.74) is 2.07. The highest BCUT2D eigenvalue weighted by molar-refractivity contribution is 9.10. The predicted molar refractivity (Wildman–Crippen MR) is 78.2 cm³/mol. The molecule has 6 heteroatoms. The van der Waals surface area contributed by atoms with Gasteiger partial charge in [0.05, 0.1) is 0 Å². The maximum atomic E-state index is 8.83. The minimum atomic E-state index is 0.551. The number of halogens is 1. The van der Waals surface area contributed by atoms with Crippen molar-refractivity contribution >= 4 is 33.3 Å². The van der Waals surface area contributed by atoms with E-state index in [9.17, 15) is 0 Å². The second-order valence-electron chi connectivity index (χ2n) is 4.00. The van der Waals surface area contributed by atoms with Crippen LogP contribution in [0.5, 0.6) is 0 Å². The molecular formula is C13H12BrN5. The van der Waals surface area contributed by atoms with Gasteiger partial charge in [0.1, 0.15) is 18.0 Å². The highest BCUT2D eigenvalue weighted by Crippen LogP contribution is 2.23. The van der Waals surface area contributed by atoms with Gasteiger partial charge in [-0.3, -0.25) is 4.90 Å². The first-order valence-electron chi connectivity index (χ1n) is 5.59. The first-order valence-corrected chi connectivity index (χ1v) is 6.38. The number of benzene rings is 1. The van der Waals surface area contributed by atoms with E-state index in [0.29, 0.717) is 11.6 Å². The Kier molecular flexibility index (Phi) is 3.97. The molecule has 0 unspecified atom stereocenters. The van der Waals surface area contributed by atoms with Crippen LogP contribution in [0.15, 0.2) is 35.1 Å². The van der Waals surface area contributed by atoms with Gasteiger partial charge in [-0.05, 0) is 30.7 Å². The number of nitrogens with one attached hydrogen (secondary N) is 1. The third-order valence-electron chi connectivity index (χ3n) is 2.60. The maximum Gasteiger partial charge on any atom is 0.185 e. The van der Waals surface area contributed by atoms with E-state index in [1.807, 2.05) is 31.3 Å². The van der Waals surface area contributed by atoms with Crippen molar-refractivity contribution in [3.63, 3.8) is 0 Å². The van der Waals surface area contributed by atoms with Crippen LogP contribution in [0, 0.1) is 18.4 Å². The molecule has 0 atom stereocenters. The smallest absolute Gasteiger partial charge is 0.185 e. The van der Waals surface area contributed by atoms with Gasteiger partial charge in [0.15, 0.2) is 6.19 Å². The van der Waals surface area contributed by atoms with Crippen molar-refractivity contribution in [2.24, 2.45) is 0 Å². The Labute approximate surface area is 120 Å². The monoisotopic (exact) mass is 317 g/mol. The largest absolute Gasteiger partial charge is 0.340 e. The first kappa shape index (κ1) is 13.3. The van der Waals surface area contributed by atoms with E-state index >= 15 is 0 Å². The lowest BCUT2D eigenvalue weighted by Gasteiger charge is -2.11. The average Bonchev–Trinajstić information content (AvgIpc) is 2.41. The third kappa shape index (κ3) is 3.20. The van der Waals surface area contributed by atoms with Crippen LogP contribution in [-0.2, 0) is 0 Å². The molecule has 1 aromatic carbocycles. The molecule has 0 saturated carbocycles. The van der Waals surface area contributed by atoms with Gasteiger partial charge >= 0.3 is 0 Å². The van der Waals surface area contributed by atoms with E-state index in [2.05, 4.69) is 31.2 Å². The van der Waals surface area contributed by atoms with Gasteiger partial charge in [0, 0.05) is 23.3 Å². The molecule has 5 nitrogen and oxygen atoms in total. The Bertz CT molecular complexity index is 635. The van der Waals surface area contributed by atoms with Crippen molar-refractivity contribution in [1.82, 2.24) is 9.97 Å². The maximum absolute atomic E-state index is 8.83. The van der Waals surface area contributed by atoms with Crippen LogP contribution in [0.25, 0.3) is 0 Å². The second kappa shape index (κ2) is 5.67. The highest BCUT2D eigenvalue weighted by atomic mass is 79.9. The third-order valence-corrected chi connectivity index (χ3v) is 3.09. The van der Waals surface area contributed by atoms with Gasteiger partial charge in [-0.1, -0.05) is 15.9 Å². The summed E-state index contributed by atoms with van der Waals surface area (Å²) in [6, 6.07) is 7.67. The minimum Gasteiger partial charge on any atom is -0.340 e. The normalized spacial score (nSPS) is 9.79. The zero-order chi connectivity index (χ0) is 13.8. The first-order chi connectivity index (χ1) is 9.10. The van der Waals surface area contributed by atoms with Crippen LogP contribution >= 0.6 is 15.9 Å². The van der Waals surface area contributed by atoms with E-state index in [1.165, 1.54) is 11.2 Å². The van der Waals surface area contributed by atoms with Gasteiger partial charge in [0.2, 0.25) is 0 Å². The van der Waals surface area contributed by atoms with E-state index in [1.54, 1.807) is 13.1 Å². The number of nitriles is 1. The van der Waals surface area contributed by atoms with E-state index in [0.717, 1.165) is 15.7 Å². The van der Waals surface area contributed by atoms with E-state index in [-0.39, 0.29) is 0 Å². The summed E-state index contributed by atoms with van der Waals surface area (Å²) < 4.78 is 1.03. The standard InChI is InChI=1S/C13H12BrN5/c1-9-5-10(14)3-4-11(9)18-12-6-13(17-8-16-12)19(2)7-15/h3-6,8H,1-2H3,(H,16,17,18). The number of aromatic nitrogens is 2. The zero-order valence-corrected chi connectivity index (χ0v) is 12.1. The topological polar surface area (TPSA) is 64.8 Å². The molecule has 2 rings (SSSR count). The van der Waals surface area contributed by atoms with Crippen molar-refractivity contribution in [2.75, 3.05) is 17.3 Å². The van der Waals surface area contributed by atoms with Gasteiger partial charge in [-0.2, -0.15) is 5.26 Å². The summed E-state index contributed by atoms with van der Waals surface area (Å²) in [7, 11) is 1.65. The van der Waals surface area contributed by atoms with E-state index in [4.69, 9.17) is 5.26 Å². The quantitative estimate of drug-likeness (QED) is 0.695. The Morgan fingerprint density at radius 2 is 2.11 bits per heavy atom. The number of hydrogen-bond acceptors (Lipinski definition) is 5. The van der Waals surface area contributed by atoms with Crippen LogP contribution in [0.4, 0.5) is 17.3 Å². The summed E-state index contributed by atoms with van der Waals surface area (Å²) in [6.07, 6.45) is 3.43. The number of hydrogen-bond donors (Lipinski definition) is 1.